The normalized spacial score (nSPS) is 13.4. The molecule has 5 heteroatoms. The van der Waals surface area contributed by atoms with E-state index in [2.05, 4.69) is 18.6 Å². The molecule has 0 saturated heterocycles. The van der Waals surface area contributed by atoms with Crippen molar-refractivity contribution in [3.05, 3.63) is 24.3 Å². The van der Waals surface area contributed by atoms with E-state index >= 15 is 0 Å². The summed E-state index contributed by atoms with van der Waals surface area (Å²) in [6.45, 7) is 4.61. The van der Waals surface area contributed by atoms with Crippen molar-refractivity contribution in [1.29, 1.82) is 0 Å². The first-order valence-corrected chi connectivity index (χ1v) is 8.27. The van der Waals surface area contributed by atoms with E-state index in [1.807, 2.05) is 0 Å². The van der Waals surface area contributed by atoms with E-state index in [-0.39, 0.29) is 10.6 Å². The second kappa shape index (κ2) is 7.50. The summed E-state index contributed by atoms with van der Waals surface area (Å²) >= 11 is 0. The van der Waals surface area contributed by atoms with Gasteiger partial charge in [-0.2, -0.15) is 0 Å². The first-order chi connectivity index (χ1) is 9.01. The first-order valence-electron chi connectivity index (χ1n) is 6.79. The number of aromatic hydroxyl groups is 1. The fourth-order valence-electron chi connectivity index (χ4n) is 1.93. The zero-order valence-corrected chi connectivity index (χ0v) is 12.4. The number of hydrogen-bond acceptors (Lipinski definition) is 3. The minimum Gasteiger partial charge on any atom is -0.507 e. The highest BCUT2D eigenvalue weighted by molar-refractivity contribution is 7.89. The summed E-state index contributed by atoms with van der Waals surface area (Å²) in [5, 5.41) is 9.59. The molecule has 0 heterocycles. The van der Waals surface area contributed by atoms with E-state index < -0.39 is 10.0 Å². The molecule has 0 bridgehead atoms. The Kier molecular flexibility index (Phi) is 6.31. The maximum atomic E-state index is 12.1. The number of phenols is 1. The number of hydrogen-bond donors (Lipinski definition) is 2. The number of benzene rings is 1. The van der Waals surface area contributed by atoms with E-state index in [1.165, 1.54) is 12.1 Å². The summed E-state index contributed by atoms with van der Waals surface area (Å²) in [4.78, 5) is -0.0552. The molecule has 1 aromatic carbocycles. The van der Waals surface area contributed by atoms with Crippen LogP contribution in [0.4, 0.5) is 0 Å². The number of rotatable bonds is 8. The van der Waals surface area contributed by atoms with Crippen molar-refractivity contribution in [2.45, 2.75) is 44.4 Å². The van der Waals surface area contributed by atoms with Gasteiger partial charge in [0.05, 0.1) is 0 Å². The van der Waals surface area contributed by atoms with Crippen LogP contribution in [0.3, 0.4) is 0 Å². The van der Waals surface area contributed by atoms with Crippen molar-refractivity contribution in [3.63, 3.8) is 0 Å². The van der Waals surface area contributed by atoms with Crippen LogP contribution < -0.4 is 4.72 Å². The zero-order valence-electron chi connectivity index (χ0n) is 11.6. The van der Waals surface area contributed by atoms with Crippen molar-refractivity contribution in [1.82, 2.24) is 4.72 Å². The van der Waals surface area contributed by atoms with Crippen LogP contribution in [0.15, 0.2) is 29.2 Å². The SMILES string of the molecule is CCCCC(CC)CNS(=O)(=O)c1ccccc1O. The Labute approximate surface area is 115 Å². The van der Waals surface area contributed by atoms with Crippen LogP contribution in [0.1, 0.15) is 39.5 Å². The molecule has 1 rings (SSSR count). The summed E-state index contributed by atoms with van der Waals surface area (Å²) in [6, 6.07) is 5.99. The van der Waals surface area contributed by atoms with Gasteiger partial charge >= 0.3 is 0 Å². The maximum absolute atomic E-state index is 12.1. The highest BCUT2D eigenvalue weighted by Crippen LogP contribution is 2.21. The number of sulfonamides is 1. The quantitative estimate of drug-likeness (QED) is 0.772. The third kappa shape index (κ3) is 4.84. The average Bonchev–Trinajstić information content (AvgIpc) is 2.39. The van der Waals surface area contributed by atoms with Crippen molar-refractivity contribution < 1.29 is 13.5 Å². The van der Waals surface area contributed by atoms with Gasteiger partial charge < -0.3 is 5.11 Å². The smallest absolute Gasteiger partial charge is 0.244 e. The molecule has 0 aliphatic carbocycles. The van der Waals surface area contributed by atoms with Gasteiger partial charge in [0.1, 0.15) is 10.6 Å². The molecular weight excluding hydrogens is 262 g/mol. The lowest BCUT2D eigenvalue weighted by Gasteiger charge is -2.15. The van der Waals surface area contributed by atoms with E-state index in [1.54, 1.807) is 12.1 Å². The van der Waals surface area contributed by atoms with Gasteiger partial charge in [-0.1, -0.05) is 45.2 Å². The summed E-state index contributed by atoms with van der Waals surface area (Å²) in [6.07, 6.45) is 4.19. The summed E-state index contributed by atoms with van der Waals surface area (Å²) in [5.74, 6) is 0.136. The lowest BCUT2D eigenvalue weighted by Crippen LogP contribution is -2.29. The Morgan fingerprint density at radius 3 is 2.53 bits per heavy atom. The molecule has 1 aromatic rings. The molecule has 0 aliphatic heterocycles. The van der Waals surface area contributed by atoms with E-state index in [0.717, 1.165) is 25.7 Å². The molecule has 0 aliphatic rings. The molecule has 0 spiro atoms. The lowest BCUT2D eigenvalue weighted by atomic mass is 10.00. The van der Waals surface area contributed by atoms with Crippen LogP contribution in [-0.4, -0.2) is 20.1 Å². The zero-order chi connectivity index (χ0) is 14.3. The number of phenolic OH excluding ortho intramolecular Hbond substituents is 1. The Bertz CT molecular complexity index is 485. The molecule has 19 heavy (non-hydrogen) atoms. The van der Waals surface area contributed by atoms with Crippen LogP contribution in [0, 0.1) is 5.92 Å². The molecule has 0 aromatic heterocycles. The molecule has 4 nitrogen and oxygen atoms in total. The summed E-state index contributed by atoms with van der Waals surface area (Å²) in [7, 11) is -3.62. The van der Waals surface area contributed by atoms with Crippen molar-refractivity contribution in [3.8, 4) is 5.75 Å². The minimum atomic E-state index is -3.62. The predicted octanol–water partition coefficient (Wildman–Crippen LogP) is 2.89. The van der Waals surface area contributed by atoms with Gasteiger partial charge in [-0.05, 0) is 24.5 Å². The molecule has 0 amide bonds. The number of para-hydroxylation sites is 1. The van der Waals surface area contributed by atoms with E-state index in [4.69, 9.17) is 0 Å². The van der Waals surface area contributed by atoms with Crippen LogP contribution in [-0.2, 0) is 10.0 Å². The molecule has 1 atom stereocenters. The highest BCUT2D eigenvalue weighted by Gasteiger charge is 2.19. The van der Waals surface area contributed by atoms with Crippen LogP contribution >= 0.6 is 0 Å². The number of unbranched alkanes of at least 4 members (excludes halogenated alkanes) is 1. The van der Waals surface area contributed by atoms with Gasteiger partial charge in [0.25, 0.3) is 0 Å². The average molecular weight is 285 g/mol. The monoisotopic (exact) mass is 285 g/mol. The van der Waals surface area contributed by atoms with Crippen LogP contribution in [0.25, 0.3) is 0 Å². The Morgan fingerprint density at radius 2 is 1.95 bits per heavy atom. The second-order valence-corrected chi connectivity index (χ2v) is 6.47. The van der Waals surface area contributed by atoms with Gasteiger partial charge in [-0.3, -0.25) is 0 Å². The Hall–Kier alpha value is -1.07. The fraction of sp³-hybridized carbons (Fsp3) is 0.571. The number of nitrogens with one attached hydrogen (secondary N) is 1. The Morgan fingerprint density at radius 1 is 1.26 bits per heavy atom. The van der Waals surface area contributed by atoms with Crippen LogP contribution in [0.5, 0.6) is 5.75 Å². The van der Waals surface area contributed by atoms with Gasteiger partial charge in [0.2, 0.25) is 10.0 Å². The van der Waals surface area contributed by atoms with Crippen LogP contribution in [0.2, 0.25) is 0 Å². The molecule has 1 unspecified atom stereocenters. The van der Waals surface area contributed by atoms with Crippen molar-refractivity contribution in [2.75, 3.05) is 6.54 Å². The van der Waals surface area contributed by atoms with E-state index in [0.29, 0.717) is 12.5 Å². The molecule has 0 radical (unpaired) electrons. The molecular formula is C14H23NO3S. The minimum absolute atomic E-state index is 0.0552. The largest absolute Gasteiger partial charge is 0.507 e. The molecule has 0 fully saturated rings. The third-order valence-electron chi connectivity index (χ3n) is 3.26. The maximum Gasteiger partial charge on any atom is 0.244 e. The molecule has 108 valence electrons. The van der Waals surface area contributed by atoms with Crippen molar-refractivity contribution >= 4 is 10.0 Å². The predicted molar refractivity (Wildman–Crippen MR) is 76.6 cm³/mol. The standard InChI is InChI=1S/C14H23NO3S/c1-3-5-8-12(4-2)11-15-19(17,18)14-10-7-6-9-13(14)16/h6-7,9-10,12,15-16H,3-5,8,11H2,1-2H3. The lowest BCUT2D eigenvalue weighted by molar-refractivity contribution is 0.439. The van der Waals surface area contributed by atoms with E-state index in [9.17, 15) is 13.5 Å². The van der Waals surface area contributed by atoms with Gasteiger partial charge in [0.15, 0.2) is 0 Å². The Balaban J connectivity index is 2.67. The second-order valence-electron chi connectivity index (χ2n) is 4.74. The fourth-order valence-corrected chi connectivity index (χ4v) is 3.14. The summed E-state index contributed by atoms with van der Waals surface area (Å²) < 4.78 is 26.7. The van der Waals surface area contributed by atoms with Gasteiger partial charge in [0, 0.05) is 6.54 Å². The topological polar surface area (TPSA) is 66.4 Å². The van der Waals surface area contributed by atoms with Gasteiger partial charge in [-0.25, -0.2) is 13.1 Å². The third-order valence-corrected chi connectivity index (χ3v) is 4.73. The first kappa shape index (κ1) is 16.0. The summed E-state index contributed by atoms with van der Waals surface area (Å²) in [5.41, 5.74) is 0. The van der Waals surface area contributed by atoms with Crippen molar-refractivity contribution in [2.24, 2.45) is 5.92 Å². The van der Waals surface area contributed by atoms with Gasteiger partial charge in [-0.15, -0.1) is 0 Å². The molecule has 0 saturated carbocycles. The highest BCUT2D eigenvalue weighted by atomic mass is 32.2. The molecule has 2 N–H and O–H groups in total.